The number of nitrogens with one attached hydrogen (secondary N) is 2. The Labute approximate surface area is 232 Å². The number of carbonyl (C=O) groups excluding carboxylic acids is 1. The highest BCUT2D eigenvalue weighted by atomic mass is 19.2. The Bertz CT molecular complexity index is 1380. The summed E-state index contributed by atoms with van der Waals surface area (Å²) in [6.07, 6.45) is -0.860. The summed E-state index contributed by atoms with van der Waals surface area (Å²) in [4.78, 5) is 15.5. The van der Waals surface area contributed by atoms with Gasteiger partial charge in [-0.05, 0) is 61.2 Å². The maximum Gasteiger partial charge on any atom is 0.320 e. The van der Waals surface area contributed by atoms with Crippen molar-refractivity contribution in [3.63, 3.8) is 0 Å². The molecule has 2 amide bonds. The van der Waals surface area contributed by atoms with E-state index >= 15 is 0 Å². The molecule has 0 spiro atoms. The maximum atomic E-state index is 14.2. The lowest BCUT2D eigenvalue weighted by Gasteiger charge is -2.40. The van der Waals surface area contributed by atoms with Crippen LogP contribution in [0.2, 0.25) is 0 Å². The van der Waals surface area contributed by atoms with Gasteiger partial charge in [0.1, 0.15) is 18.5 Å². The first-order chi connectivity index (χ1) is 19.0. The number of likely N-dealkylation sites (N-methyl/N-ethyl adjacent to an activating group) is 1. The monoisotopic (exact) mass is 555 g/mol. The van der Waals surface area contributed by atoms with Crippen LogP contribution in [0.3, 0.4) is 0 Å². The smallest absolute Gasteiger partial charge is 0.320 e. The fourth-order valence-electron chi connectivity index (χ4n) is 5.48. The molecule has 214 valence electrons. The van der Waals surface area contributed by atoms with Gasteiger partial charge in [0.25, 0.3) is 0 Å². The molecule has 9 nitrogen and oxygen atoms in total. The number of para-hydroxylation sites is 1. The summed E-state index contributed by atoms with van der Waals surface area (Å²) >= 11 is 0. The van der Waals surface area contributed by atoms with Gasteiger partial charge in [-0.25, -0.2) is 18.3 Å². The van der Waals surface area contributed by atoms with E-state index in [0.717, 1.165) is 25.2 Å². The number of aliphatic hydroxyl groups is 1. The van der Waals surface area contributed by atoms with Crippen molar-refractivity contribution in [1.82, 2.24) is 20.0 Å². The maximum absolute atomic E-state index is 14.2. The van der Waals surface area contributed by atoms with Crippen molar-refractivity contribution in [3.05, 3.63) is 70.8 Å². The number of rotatable bonds is 6. The number of hydrogen-bond acceptors (Lipinski definition) is 6. The molecule has 0 radical (unpaired) electrons. The molecule has 2 aliphatic rings. The number of anilines is 1. The molecule has 1 fully saturated rings. The molecule has 1 aliphatic carbocycles. The zero-order valence-electron chi connectivity index (χ0n) is 23.1. The van der Waals surface area contributed by atoms with E-state index in [0.29, 0.717) is 47.3 Å². The van der Waals surface area contributed by atoms with Crippen molar-refractivity contribution < 1.29 is 28.2 Å². The Morgan fingerprint density at radius 2 is 1.95 bits per heavy atom. The van der Waals surface area contributed by atoms with Crippen LogP contribution in [0.4, 0.5) is 19.4 Å². The highest BCUT2D eigenvalue weighted by Gasteiger charge is 2.40. The molecule has 5 rings (SSSR count). The number of fused-ring (bicyclic) bond motifs is 1. The fourth-order valence-corrected chi connectivity index (χ4v) is 5.48. The molecule has 0 bridgehead atoms. The van der Waals surface area contributed by atoms with Gasteiger partial charge in [0.2, 0.25) is 5.88 Å². The summed E-state index contributed by atoms with van der Waals surface area (Å²) in [6.45, 7) is 8.00. The standard InChI is InChI=1S/C29H35F2N5O4/c1-17-26(33-28(38)32-25-20-12-22(30)23(31)13-21(20)29(2,3)14-24(25)37)36(18-8-6-5-7-9-18)34-27(17)40-16-19-15-35(4)10-11-39-19/h5-9,12-13,19,24-25,37H,10-11,14-16H2,1-4H3,(H2,32,33,38)/t19-,24?,25-/m1/s1. The van der Waals surface area contributed by atoms with E-state index in [2.05, 4.69) is 20.6 Å². The van der Waals surface area contributed by atoms with Crippen LogP contribution in [-0.2, 0) is 10.2 Å². The number of morpholine rings is 1. The van der Waals surface area contributed by atoms with Gasteiger partial charge >= 0.3 is 6.03 Å². The van der Waals surface area contributed by atoms with Crippen molar-refractivity contribution in [1.29, 1.82) is 0 Å². The number of aliphatic hydroxyl groups excluding tert-OH is 1. The van der Waals surface area contributed by atoms with Crippen LogP contribution < -0.4 is 15.4 Å². The third kappa shape index (κ3) is 5.67. The van der Waals surface area contributed by atoms with Gasteiger partial charge in [0.15, 0.2) is 11.6 Å². The zero-order chi connectivity index (χ0) is 28.6. The minimum atomic E-state index is -1.04. The molecular weight excluding hydrogens is 520 g/mol. The first-order valence-electron chi connectivity index (χ1n) is 13.4. The van der Waals surface area contributed by atoms with Gasteiger partial charge in [-0.15, -0.1) is 5.10 Å². The van der Waals surface area contributed by atoms with Crippen LogP contribution in [0.5, 0.6) is 5.88 Å². The lowest BCUT2D eigenvalue weighted by molar-refractivity contribution is -0.0411. The highest BCUT2D eigenvalue weighted by Crippen LogP contribution is 2.42. The number of urea groups is 1. The molecule has 1 unspecified atom stereocenters. The average molecular weight is 556 g/mol. The van der Waals surface area contributed by atoms with E-state index in [1.165, 1.54) is 0 Å². The molecule has 2 heterocycles. The Hall–Kier alpha value is -3.54. The third-order valence-corrected chi connectivity index (χ3v) is 7.61. The first-order valence-corrected chi connectivity index (χ1v) is 13.4. The van der Waals surface area contributed by atoms with Gasteiger partial charge in [-0.2, -0.15) is 0 Å². The zero-order valence-corrected chi connectivity index (χ0v) is 23.1. The Morgan fingerprint density at radius 3 is 2.67 bits per heavy atom. The van der Waals surface area contributed by atoms with Crippen molar-refractivity contribution in [2.45, 2.75) is 50.9 Å². The molecule has 1 aromatic heterocycles. The summed E-state index contributed by atoms with van der Waals surface area (Å²) in [5.41, 5.74) is 1.57. The van der Waals surface area contributed by atoms with E-state index in [1.54, 1.807) is 11.6 Å². The Balaban J connectivity index is 1.40. The van der Waals surface area contributed by atoms with E-state index in [9.17, 15) is 18.7 Å². The molecule has 11 heteroatoms. The molecule has 40 heavy (non-hydrogen) atoms. The second kappa shape index (κ2) is 11.1. The van der Waals surface area contributed by atoms with E-state index in [-0.39, 0.29) is 12.5 Å². The predicted molar refractivity (Wildman–Crippen MR) is 146 cm³/mol. The molecule has 2 aromatic carbocycles. The van der Waals surface area contributed by atoms with Crippen LogP contribution in [0, 0.1) is 18.6 Å². The second-order valence-corrected chi connectivity index (χ2v) is 11.2. The van der Waals surface area contributed by atoms with Crippen LogP contribution in [0.15, 0.2) is 42.5 Å². The van der Waals surface area contributed by atoms with Gasteiger partial charge in [0, 0.05) is 13.1 Å². The molecular formula is C29H35F2N5O4. The number of benzene rings is 2. The summed E-state index contributed by atoms with van der Waals surface area (Å²) in [5, 5.41) is 21.1. The second-order valence-electron chi connectivity index (χ2n) is 11.2. The normalized spacial score (nSPS) is 22.4. The molecule has 1 aliphatic heterocycles. The first kappa shape index (κ1) is 28.0. The quantitative estimate of drug-likeness (QED) is 0.424. The minimum absolute atomic E-state index is 0.109. The number of amides is 2. The number of nitrogens with zero attached hydrogens (tertiary/aromatic N) is 3. The Morgan fingerprint density at radius 1 is 1.23 bits per heavy atom. The number of carbonyl (C=O) groups is 1. The Kier molecular flexibility index (Phi) is 7.80. The largest absolute Gasteiger partial charge is 0.474 e. The van der Waals surface area contributed by atoms with Crippen LogP contribution >= 0.6 is 0 Å². The third-order valence-electron chi connectivity index (χ3n) is 7.61. The lowest BCUT2D eigenvalue weighted by atomic mass is 9.69. The summed E-state index contributed by atoms with van der Waals surface area (Å²) in [5.74, 6) is -1.29. The lowest BCUT2D eigenvalue weighted by Crippen LogP contribution is -2.45. The van der Waals surface area contributed by atoms with E-state index < -0.39 is 35.2 Å². The SMILES string of the molecule is Cc1c(OC[C@H]2CN(C)CCO2)nn(-c2ccccc2)c1NC(=O)N[C@@H]1c2cc(F)c(F)cc2C(C)(C)CC1O. The van der Waals surface area contributed by atoms with E-state index in [1.807, 2.05) is 51.2 Å². The number of hydrogen-bond donors (Lipinski definition) is 3. The van der Waals surface area contributed by atoms with Crippen molar-refractivity contribution in [2.75, 3.05) is 38.7 Å². The fraction of sp³-hybridized carbons (Fsp3) is 0.448. The summed E-state index contributed by atoms with van der Waals surface area (Å²) in [7, 11) is 2.03. The van der Waals surface area contributed by atoms with Crippen molar-refractivity contribution in [3.8, 4) is 11.6 Å². The number of halogens is 2. The molecule has 0 saturated carbocycles. The van der Waals surface area contributed by atoms with Crippen LogP contribution in [0.1, 0.15) is 43.0 Å². The van der Waals surface area contributed by atoms with Gasteiger partial charge in [-0.3, -0.25) is 5.32 Å². The number of ether oxygens (including phenoxy) is 2. The van der Waals surface area contributed by atoms with Gasteiger partial charge < -0.3 is 24.8 Å². The number of aromatic nitrogens is 2. The average Bonchev–Trinajstić information content (AvgIpc) is 3.21. The summed E-state index contributed by atoms with van der Waals surface area (Å²) < 4.78 is 41.8. The van der Waals surface area contributed by atoms with Gasteiger partial charge in [-0.1, -0.05) is 32.0 Å². The molecule has 3 atom stereocenters. The van der Waals surface area contributed by atoms with Crippen molar-refractivity contribution in [2.24, 2.45) is 0 Å². The van der Waals surface area contributed by atoms with Crippen LogP contribution in [0.25, 0.3) is 5.69 Å². The molecule has 3 aromatic rings. The predicted octanol–water partition coefficient (Wildman–Crippen LogP) is 4.07. The van der Waals surface area contributed by atoms with Crippen molar-refractivity contribution >= 4 is 11.8 Å². The topological polar surface area (TPSA) is 101 Å². The van der Waals surface area contributed by atoms with Gasteiger partial charge in [0.05, 0.1) is 30.0 Å². The highest BCUT2D eigenvalue weighted by molar-refractivity contribution is 5.90. The van der Waals surface area contributed by atoms with E-state index in [4.69, 9.17) is 9.47 Å². The molecule has 3 N–H and O–H groups in total. The van der Waals surface area contributed by atoms with Crippen LogP contribution in [-0.4, -0.2) is 71.4 Å². The minimum Gasteiger partial charge on any atom is -0.474 e. The molecule has 1 saturated heterocycles. The summed E-state index contributed by atoms with van der Waals surface area (Å²) in [6, 6.07) is 9.90.